The van der Waals surface area contributed by atoms with Gasteiger partial charge >= 0.3 is 11.8 Å². The van der Waals surface area contributed by atoms with Gasteiger partial charge in [-0.1, -0.05) is 30.3 Å². The summed E-state index contributed by atoms with van der Waals surface area (Å²) in [7, 11) is 0. The van der Waals surface area contributed by atoms with E-state index in [4.69, 9.17) is 0 Å². The van der Waals surface area contributed by atoms with Crippen molar-refractivity contribution >= 4 is 23.2 Å². The first kappa shape index (κ1) is 18.8. The van der Waals surface area contributed by atoms with Gasteiger partial charge in [0.1, 0.15) is 0 Å². The number of aryl methyl sites for hydroxylation is 1. The standard InChI is InChI=1S/C23H22N4O2/c1-15-7-8-16(17-5-3-10-24-13-17)12-21(15)27-23(29)22(28)26-20-6-2-4-18-14-25-11-9-19(18)20/h2-8,10,12-13,25H,9,11,14H2,1H3,(H,26,28)(H,27,29). The summed E-state index contributed by atoms with van der Waals surface area (Å²) in [5.74, 6) is -1.37. The molecule has 0 saturated heterocycles. The molecule has 0 fully saturated rings. The Morgan fingerprint density at radius 1 is 0.966 bits per heavy atom. The van der Waals surface area contributed by atoms with Gasteiger partial charge in [-0.2, -0.15) is 0 Å². The van der Waals surface area contributed by atoms with Crippen LogP contribution in [0.3, 0.4) is 0 Å². The number of fused-ring (bicyclic) bond motifs is 1. The maximum atomic E-state index is 12.5. The van der Waals surface area contributed by atoms with E-state index in [2.05, 4.69) is 20.9 Å². The molecule has 1 aliphatic heterocycles. The molecule has 29 heavy (non-hydrogen) atoms. The van der Waals surface area contributed by atoms with Gasteiger partial charge in [-0.3, -0.25) is 14.6 Å². The summed E-state index contributed by atoms with van der Waals surface area (Å²) >= 11 is 0. The van der Waals surface area contributed by atoms with Crippen molar-refractivity contribution in [2.24, 2.45) is 0 Å². The molecule has 0 atom stereocenters. The molecule has 6 nitrogen and oxygen atoms in total. The minimum absolute atomic E-state index is 0.603. The molecule has 6 heteroatoms. The van der Waals surface area contributed by atoms with Gasteiger partial charge in [0, 0.05) is 35.9 Å². The molecule has 3 N–H and O–H groups in total. The number of anilines is 2. The molecular weight excluding hydrogens is 364 g/mol. The Hall–Kier alpha value is -3.51. The lowest BCUT2D eigenvalue weighted by Gasteiger charge is -2.20. The Labute approximate surface area is 169 Å². The summed E-state index contributed by atoms with van der Waals surface area (Å²) < 4.78 is 0. The molecule has 0 spiro atoms. The zero-order valence-electron chi connectivity index (χ0n) is 16.2. The number of amides is 2. The van der Waals surface area contributed by atoms with Gasteiger partial charge in [-0.15, -0.1) is 0 Å². The summed E-state index contributed by atoms with van der Waals surface area (Å²) in [6, 6.07) is 15.3. The molecule has 0 bridgehead atoms. The molecule has 1 aromatic heterocycles. The number of pyridine rings is 1. The molecule has 0 unspecified atom stereocenters. The second-order valence-corrected chi connectivity index (χ2v) is 7.05. The predicted octanol–water partition coefficient (Wildman–Crippen LogP) is 3.28. The number of carbonyl (C=O) groups excluding carboxylic acids is 2. The Morgan fingerprint density at radius 3 is 2.59 bits per heavy atom. The Balaban J connectivity index is 1.50. The molecule has 0 saturated carbocycles. The monoisotopic (exact) mass is 386 g/mol. The molecule has 2 heterocycles. The van der Waals surface area contributed by atoms with Crippen LogP contribution >= 0.6 is 0 Å². The fourth-order valence-electron chi connectivity index (χ4n) is 3.48. The summed E-state index contributed by atoms with van der Waals surface area (Å²) in [6.45, 7) is 3.51. The SMILES string of the molecule is Cc1ccc(-c2cccnc2)cc1NC(=O)C(=O)Nc1cccc2c1CCNC2. The van der Waals surface area contributed by atoms with Gasteiger partial charge < -0.3 is 16.0 Å². The lowest BCUT2D eigenvalue weighted by molar-refractivity contribution is -0.133. The molecule has 4 rings (SSSR count). The van der Waals surface area contributed by atoms with Gasteiger partial charge in [0.2, 0.25) is 0 Å². The van der Waals surface area contributed by atoms with E-state index >= 15 is 0 Å². The first-order valence-corrected chi connectivity index (χ1v) is 9.56. The zero-order chi connectivity index (χ0) is 20.2. The highest BCUT2D eigenvalue weighted by atomic mass is 16.2. The van der Waals surface area contributed by atoms with Gasteiger partial charge in [-0.05, 0) is 60.3 Å². The van der Waals surface area contributed by atoms with Gasteiger partial charge in [0.05, 0.1) is 0 Å². The number of nitrogens with zero attached hydrogens (tertiary/aromatic N) is 1. The van der Waals surface area contributed by atoms with Crippen molar-refractivity contribution < 1.29 is 9.59 Å². The highest BCUT2D eigenvalue weighted by Crippen LogP contribution is 2.26. The van der Waals surface area contributed by atoms with Gasteiger partial charge in [0.25, 0.3) is 0 Å². The lowest BCUT2D eigenvalue weighted by Crippen LogP contribution is -2.31. The van der Waals surface area contributed by atoms with Crippen molar-refractivity contribution in [2.45, 2.75) is 19.9 Å². The topological polar surface area (TPSA) is 83.1 Å². The summed E-state index contributed by atoms with van der Waals surface area (Å²) in [4.78, 5) is 29.2. The van der Waals surface area contributed by atoms with Crippen LogP contribution in [-0.4, -0.2) is 23.3 Å². The summed E-state index contributed by atoms with van der Waals surface area (Å²) in [5, 5.41) is 8.81. The van der Waals surface area contributed by atoms with E-state index < -0.39 is 11.8 Å². The van der Waals surface area contributed by atoms with Crippen LogP contribution in [0.15, 0.2) is 60.9 Å². The van der Waals surface area contributed by atoms with E-state index in [1.165, 1.54) is 0 Å². The Bertz CT molecular complexity index is 1060. The van der Waals surface area contributed by atoms with Crippen molar-refractivity contribution in [3.8, 4) is 11.1 Å². The maximum Gasteiger partial charge on any atom is 0.314 e. The van der Waals surface area contributed by atoms with Crippen LogP contribution in [-0.2, 0) is 22.6 Å². The van der Waals surface area contributed by atoms with Crippen LogP contribution in [0.25, 0.3) is 11.1 Å². The molecule has 2 amide bonds. The van der Waals surface area contributed by atoms with Crippen molar-refractivity contribution in [2.75, 3.05) is 17.2 Å². The molecule has 3 aromatic rings. The summed E-state index contributed by atoms with van der Waals surface area (Å²) in [5.41, 5.74) is 6.27. The van der Waals surface area contributed by atoms with E-state index in [1.54, 1.807) is 12.4 Å². The average molecular weight is 386 g/mol. The summed E-state index contributed by atoms with van der Waals surface area (Å²) in [6.07, 6.45) is 4.29. The van der Waals surface area contributed by atoms with Crippen molar-refractivity contribution in [1.82, 2.24) is 10.3 Å². The Kier molecular flexibility index (Phi) is 5.35. The molecule has 0 radical (unpaired) electrons. The third-order valence-electron chi connectivity index (χ3n) is 5.08. The van der Waals surface area contributed by atoms with E-state index in [-0.39, 0.29) is 0 Å². The zero-order valence-corrected chi connectivity index (χ0v) is 16.2. The Morgan fingerprint density at radius 2 is 1.79 bits per heavy atom. The second kappa shape index (κ2) is 8.24. The predicted molar refractivity (Wildman–Crippen MR) is 114 cm³/mol. The van der Waals surface area contributed by atoms with Crippen LogP contribution in [0.2, 0.25) is 0 Å². The maximum absolute atomic E-state index is 12.5. The third-order valence-corrected chi connectivity index (χ3v) is 5.08. The second-order valence-electron chi connectivity index (χ2n) is 7.05. The van der Waals surface area contributed by atoms with Crippen LogP contribution in [0.1, 0.15) is 16.7 Å². The number of carbonyl (C=O) groups is 2. The number of hydrogen-bond donors (Lipinski definition) is 3. The highest BCUT2D eigenvalue weighted by molar-refractivity contribution is 6.43. The lowest BCUT2D eigenvalue weighted by atomic mass is 9.99. The smallest absolute Gasteiger partial charge is 0.314 e. The average Bonchev–Trinajstić information content (AvgIpc) is 2.76. The van der Waals surface area contributed by atoms with Gasteiger partial charge in [0.15, 0.2) is 0 Å². The minimum Gasteiger partial charge on any atom is -0.318 e. The largest absolute Gasteiger partial charge is 0.318 e. The van der Waals surface area contributed by atoms with Crippen LogP contribution < -0.4 is 16.0 Å². The molecule has 146 valence electrons. The first-order chi connectivity index (χ1) is 14.1. The number of nitrogens with one attached hydrogen (secondary N) is 3. The number of benzene rings is 2. The minimum atomic E-state index is -0.692. The van der Waals surface area contributed by atoms with Gasteiger partial charge in [-0.25, -0.2) is 0 Å². The van der Waals surface area contributed by atoms with Crippen LogP contribution in [0.4, 0.5) is 11.4 Å². The van der Waals surface area contributed by atoms with Crippen LogP contribution in [0.5, 0.6) is 0 Å². The van der Waals surface area contributed by atoms with E-state index in [0.717, 1.165) is 47.3 Å². The van der Waals surface area contributed by atoms with Crippen molar-refractivity contribution in [1.29, 1.82) is 0 Å². The number of rotatable bonds is 3. The molecule has 1 aliphatic rings. The quantitative estimate of drug-likeness (QED) is 0.603. The molecular formula is C23H22N4O2. The normalized spacial score (nSPS) is 12.7. The van der Waals surface area contributed by atoms with Crippen LogP contribution in [0, 0.1) is 6.92 Å². The molecule has 0 aliphatic carbocycles. The highest BCUT2D eigenvalue weighted by Gasteiger charge is 2.19. The third kappa shape index (κ3) is 4.17. The fraction of sp³-hybridized carbons (Fsp3) is 0.174. The number of hydrogen-bond acceptors (Lipinski definition) is 4. The van der Waals surface area contributed by atoms with Crippen molar-refractivity contribution in [3.05, 3.63) is 77.6 Å². The van der Waals surface area contributed by atoms with E-state index in [9.17, 15) is 9.59 Å². The molecule has 2 aromatic carbocycles. The fourth-order valence-corrected chi connectivity index (χ4v) is 3.48. The number of aromatic nitrogens is 1. The first-order valence-electron chi connectivity index (χ1n) is 9.56. The van der Waals surface area contributed by atoms with E-state index in [0.29, 0.717) is 11.4 Å². The van der Waals surface area contributed by atoms with Crippen molar-refractivity contribution in [3.63, 3.8) is 0 Å². The van der Waals surface area contributed by atoms with E-state index in [1.807, 2.05) is 55.5 Å².